The fraction of sp³-hybridized carbons (Fsp3) is 0.235. The van der Waals surface area contributed by atoms with Crippen molar-refractivity contribution >= 4 is 45.4 Å². The Morgan fingerprint density at radius 3 is 3.00 bits per heavy atom. The Bertz CT molecular complexity index is 1000. The Balaban J connectivity index is 1.63. The van der Waals surface area contributed by atoms with Crippen molar-refractivity contribution in [1.29, 1.82) is 0 Å². The van der Waals surface area contributed by atoms with E-state index in [1.807, 2.05) is 42.6 Å². The number of fused-ring (bicyclic) bond motifs is 1. The lowest BCUT2D eigenvalue weighted by molar-refractivity contribution is -0.116. The standard InChI is InChI=1S/C17H17N3O2S2/c1-11-4-2-5-12(10-11)18-14(21)6-3-8-20-16(22)15-13(7-9-24-15)19-17(20)23/h2,4-5,7,9-10H,3,6,8H2,1H3,(H,18,21)(H,19,23). The molecular formula is C17H17N3O2S2. The number of nitrogens with one attached hydrogen (secondary N) is 2. The molecule has 0 aliphatic rings. The Hall–Kier alpha value is -2.25. The molecule has 3 aromatic rings. The van der Waals surface area contributed by atoms with E-state index < -0.39 is 0 Å². The zero-order valence-corrected chi connectivity index (χ0v) is 14.8. The van der Waals surface area contributed by atoms with E-state index in [9.17, 15) is 9.59 Å². The molecule has 7 heteroatoms. The van der Waals surface area contributed by atoms with E-state index in [2.05, 4.69) is 10.3 Å². The van der Waals surface area contributed by atoms with Crippen molar-refractivity contribution in [2.24, 2.45) is 0 Å². The van der Waals surface area contributed by atoms with Crippen molar-refractivity contribution in [3.05, 3.63) is 56.4 Å². The van der Waals surface area contributed by atoms with E-state index in [1.54, 1.807) is 0 Å². The minimum Gasteiger partial charge on any atom is -0.331 e. The Morgan fingerprint density at radius 1 is 1.38 bits per heavy atom. The van der Waals surface area contributed by atoms with Crippen LogP contribution >= 0.6 is 23.6 Å². The second-order valence-corrected chi connectivity index (χ2v) is 6.87. The smallest absolute Gasteiger partial charge is 0.272 e. The fourth-order valence-corrected chi connectivity index (χ4v) is 3.60. The maximum Gasteiger partial charge on any atom is 0.272 e. The van der Waals surface area contributed by atoms with Crippen molar-refractivity contribution < 1.29 is 4.79 Å². The van der Waals surface area contributed by atoms with Crippen LogP contribution in [0.15, 0.2) is 40.5 Å². The monoisotopic (exact) mass is 359 g/mol. The summed E-state index contributed by atoms with van der Waals surface area (Å²) in [5.41, 5.74) is 2.55. The van der Waals surface area contributed by atoms with E-state index in [-0.39, 0.29) is 11.5 Å². The first-order chi connectivity index (χ1) is 11.5. The molecule has 0 unspecified atom stereocenters. The van der Waals surface area contributed by atoms with Gasteiger partial charge in [0.05, 0.1) is 5.52 Å². The Kier molecular flexibility index (Phi) is 4.92. The van der Waals surface area contributed by atoms with Gasteiger partial charge in [0.15, 0.2) is 4.77 Å². The molecule has 0 radical (unpaired) electrons. The van der Waals surface area contributed by atoms with Crippen LogP contribution in [0.3, 0.4) is 0 Å². The highest BCUT2D eigenvalue weighted by atomic mass is 32.1. The first-order valence-electron chi connectivity index (χ1n) is 7.61. The third-order valence-electron chi connectivity index (χ3n) is 3.68. The molecule has 5 nitrogen and oxygen atoms in total. The number of H-pyrrole nitrogens is 1. The summed E-state index contributed by atoms with van der Waals surface area (Å²) in [6, 6.07) is 9.50. The number of aromatic amines is 1. The van der Waals surface area contributed by atoms with Gasteiger partial charge in [-0.05, 0) is 54.7 Å². The largest absolute Gasteiger partial charge is 0.331 e. The van der Waals surface area contributed by atoms with Gasteiger partial charge in [-0.2, -0.15) is 0 Å². The number of thiophene rings is 1. The fourth-order valence-electron chi connectivity index (χ4n) is 2.52. The maximum absolute atomic E-state index is 12.4. The minimum absolute atomic E-state index is 0.0688. The van der Waals surface area contributed by atoms with Crippen LogP contribution in [0, 0.1) is 11.7 Å². The Labute approximate surface area is 148 Å². The molecule has 2 aromatic heterocycles. The summed E-state index contributed by atoms with van der Waals surface area (Å²) < 4.78 is 2.58. The number of carbonyl (C=O) groups is 1. The first kappa shape index (κ1) is 16.6. The third kappa shape index (κ3) is 3.63. The number of hydrogen-bond donors (Lipinski definition) is 2. The number of benzene rings is 1. The normalized spacial score (nSPS) is 10.9. The molecule has 0 fully saturated rings. The lowest BCUT2D eigenvalue weighted by Gasteiger charge is -2.08. The van der Waals surface area contributed by atoms with Gasteiger partial charge in [0.2, 0.25) is 5.91 Å². The average molecular weight is 359 g/mol. The SMILES string of the molecule is Cc1cccc(NC(=O)CCCn2c(=S)[nH]c3ccsc3c2=O)c1. The van der Waals surface area contributed by atoms with E-state index in [0.717, 1.165) is 16.8 Å². The quantitative estimate of drug-likeness (QED) is 0.680. The molecule has 0 spiro atoms. The number of hydrogen-bond acceptors (Lipinski definition) is 4. The molecule has 0 bridgehead atoms. The number of rotatable bonds is 5. The topological polar surface area (TPSA) is 66.9 Å². The number of amides is 1. The molecular weight excluding hydrogens is 342 g/mol. The van der Waals surface area contributed by atoms with Crippen LogP contribution in [-0.4, -0.2) is 15.5 Å². The van der Waals surface area contributed by atoms with Gasteiger partial charge in [-0.15, -0.1) is 11.3 Å². The van der Waals surface area contributed by atoms with Gasteiger partial charge < -0.3 is 10.3 Å². The molecule has 0 saturated carbocycles. The van der Waals surface area contributed by atoms with Crippen LogP contribution in [0.2, 0.25) is 0 Å². The molecule has 0 aliphatic heterocycles. The van der Waals surface area contributed by atoms with Gasteiger partial charge >= 0.3 is 0 Å². The van der Waals surface area contributed by atoms with Crippen molar-refractivity contribution in [3.8, 4) is 0 Å². The summed E-state index contributed by atoms with van der Waals surface area (Å²) in [4.78, 5) is 27.5. The predicted octanol–water partition coefficient (Wildman–Crippen LogP) is 3.85. The first-order valence-corrected chi connectivity index (χ1v) is 8.90. The molecule has 1 aromatic carbocycles. The van der Waals surface area contributed by atoms with Crippen molar-refractivity contribution in [1.82, 2.24) is 9.55 Å². The number of aryl methyl sites for hydroxylation is 1. The molecule has 2 heterocycles. The van der Waals surface area contributed by atoms with E-state index >= 15 is 0 Å². The molecule has 0 atom stereocenters. The van der Waals surface area contributed by atoms with Crippen LogP contribution in [-0.2, 0) is 11.3 Å². The summed E-state index contributed by atoms with van der Waals surface area (Å²) in [7, 11) is 0. The van der Waals surface area contributed by atoms with Crippen LogP contribution in [0.25, 0.3) is 10.2 Å². The molecule has 2 N–H and O–H groups in total. The molecule has 3 rings (SSSR count). The van der Waals surface area contributed by atoms with E-state index in [0.29, 0.717) is 28.9 Å². The summed E-state index contributed by atoms with van der Waals surface area (Å²) >= 11 is 6.63. The van der Waals surface area contributed by atoms with Gasteiger partial charge in [-0.25, -0.2) is 0 Å². The molecule has 24 heavy (non-hydrogen) atoms. The van der Waals surface area contributed by atoms with Crippen LogP contribution in [0.4, 0.5) is 5.69 Å². The van der Waals surface area contributed by atoms with Gasteiger partial charge in [0.1, 0.15) is 4.70 Å². The van der Waals surface area contributed by atoms with Crippen molar-refractivity contribution in [2.45, 2.75) is 26.3 Å². The molecule has 124 valence electrons. The highest BCUT2D eigenvalue weighted by Gasteiger charge is 2.08. The van der Waals surface area contributed by atoms with Gasteiger partial charge in [0, 0.05) is 18.7 Å². The highest BCUT2D eigenvalue weighted by molar-refractivity contribution is 7.71. The predicted molar refractivity (Wildman–Crippen MR) is 100 cm³/mol. The van der Waals surface area contributed by atoms with Crippen LogP contribution in [0.5, 0.6) is 0 Å². The van der Waals surface area contributed by atoms with Crippen molar-refractivity contribution in [3.63, 3.8) is 0 Å². The maximum atomic E-state index is 12.4. The number of nitrogens with zero attached hydrogens (tertiary/aromatic N) is 1. The number of carbonyl (C=O) groups excluding carboxylic acids is 1. The second kappa shape index (κ2) is 7.11. The molecule has 1 amide bonds. The van der Waals surface area contributed by atoms with Gasteiger partial charge in [0.25, 0.3) is 5.56 Å². The number of anilines is 1. The van der Waals surface area contributed by atoms with Crippen LogP contribution in [0.1, 0.15) is 18.4 Å². The zero-order valence-electron chi connectivity index (χ0n) is 13.2. The van der Waals surface area contributed by atoms with Gasteiger partial charge in [-0.1, -0.05) is 12.1 Å². The van der Waals surface area contributed by atoms with Gasteiger partial charge in [-0.3, -0.25) is 14.2 Å². The second-order valence-electron chi connectivity index (χ2n) is 5.57. The number of aromatic nitrogens is 2. The van der Waals surface area contributed by atoms with Crippen LogP contribution < -0.4 is 10.9 Å². The summed E-state index contributed by atoms with van der Waals surface area (Å²) in [6.07, 6.45) is 0.879. The lowest BCUT2D eigenvalue weighted by atomic mass is 10.2. The summed E-state index contributed by atoms with van der Waals surface area (Å²) in [5, 5.41) is 4.72. The van der Waals surface area contributed by atoms with E-state index in [4.69, 9.17) is 12.2 Å². The zero-order chi connectivity index (χ0) is 17.1. The summed E-state index contributed by atoms with van der Waals surface area (Å²) in [5.74, 6) is -0.0688. The third-order valence-corrected chi connectivity index (χ3v) is 4.90. The van der Waals surface area contributed by atoms with E-state index in [1.165, 1.54) is 15.9 Å². The highest BCUT2D eigenvalue weighted by Crippen LogP contribution is 2.14. The average Bonchev–Trinajstić information content (AvgIpc) is 2.99. The Morgan fingerprint density at radius 2 is 2.21 bits per heavy atom. The minimum atomic E-state index is -0.0946. The summed E-state index contributed by atoms with van der Waals surface area (Å²) in [6.45, 7) is 2.40. The molecule has 0 saturated heterocycles. The lowest BCUT2D eigenvalue weighted by Crippen LogP contribution is -2.22. The van der Waals surface area contributed by atoms with Crippen molar-refractivity contribution in [2.75, 3.05) is 5.32 Å². The molecule has 0 aliphatic carbocycles.